The van der Waals surface area contributed by atoms with Gasteiger partial charge in [-0.25, -0.2) is 0 Å². The van der Waals surface area contributed by atoms with E-state index in [9.17, 15) is 0 Å². The average molecular weight is 281 g/mol. The second kappa shape index (κ2) is 9.23. The maximum absolute atomic E-state index is 5.78. The van der Waals surface area contributed by atoms with E-state index in [4.69, 9.17) is 4.74 Å². The van der Waals surface area contributed by atoms with Gasteiger partial charge in [0.15, 0.2) is 0 Å². The summed E-state index contributed by atoms with van der Waals surface area (Å²) in [5, 5.41) is 0. The first-order valence-electron chi connectivity index (χ1n) is 7.98. The van der Waals surface area contributed by atoms with Crippen LogP contribution in [-0.2, 0) is 6.42 Å². The Morgan fingerprint density at radius 1 is 0.857 bits per heavy atom. The van der Waals surface area contributed by atoms with Crippen molar-refractivity contribution in [3.8, 4) is 5.75 Å². The summed E-state index contributed by atoms with van der Waals surface area (Å²) in [5.74, 6) is 0.978. The lowest BCUT2D eigenvalue weighted by atomic mass is 10.1. The minimum Gasteiger partial charge on any atom is -0.494 e. The Balaban J connectivity index is 1.57. The SMILES string of the molecule is CC[CH]c1ccc(OCCCCCc2ccccc2)cc1. The molecule has 1 heteroatoms. The van der Waals surface area contributed by atoms with Crippen LogP contribution in [0.4, 0.5) is 0 Å². The zero-order valence-corrected chi connectivity index (χ0v) is 12.9. The molecule has 0 aliphatic carbocycles. The molecule has 0 bridgehead atoms. The predicted molar refractivity (Wildman–Crippen MR) is 89.6 cm³/mol. The molecule has 2 rings (SSSR count). The lowest BCUT2D eigenvalue weighted by Gasteiger charge is -2.07. The normalized spacial score (nSPS) is 10.5. The molecule has 0 spiro atoms. The van der Waals surface area contributed by atoms with E-state index in [1.807, 2.05) is 0 Å². The van der Waals surface area contributed by atoms with Crippen LogP contribution in [0.5, 0.6) is 5.75 Å². The Hall–Kier alpha value is -1.76. The van der Waals surface area contributed by atoms with Crippen molar-refractivity contribution in [2.45, 2.75) is 39.0 Å². The van der Waals surface area contributed by atoms with Gasteiger partial charge >= 0.3 is 0 Å². The number of hydrogen-bond acceptors (Lipinski definition) is 1. The van der Waals surface area contributed by atoms with Gasteiger partial charge in [0.25, 0.3) is 0 Å². The smallest absolute Gasteiger partial charge is 0.119 e. The maximum Gasteiger partial charge on any atom is 0.119 e. The molecule has 0 atom stereocenters. The summed E-state index contributed by atoms with van der Waals surface area (Å²) in [6.45, 7) is 2.96. The fraction of sp³-hybridized carbons (Fsp3) is 0.350. The summed E-state index contributed by atoms with van der Waals surface area (Å²) in [6, 6.07) is 19.0. The number of hydrogen-bond donors (Lipinski definition) is 0. The first-order valence-corrected chi connectivity index (χ1v) is 7.98. The molecule has 0 amide bonds. The summed E-state index contributed by atoms with van der Waals surface area (Å²) in [5.41, 5.74) is 2.70. The topological polar surface area (TPSA) is 9.23 Å². The fourth-order valence-electron chi connectivity index (χ4n) is 2.38. The summed E-state index contributed by atoms with van der Waals surface area (Å²) in [6.07, 6.45) is 8.03. The monoisotopic (exact) mass is 281 g/mol. The molecule has 0 saturated carbocycles. The maximum atomic E-state index is 5.78. The van der Waals surface area contributed by atoms with Crippen molar-refractivity contribution < 1.29 is 4.74 Å². The Morgan fingerprint density at radius 2 is 1.62 bits per heavy atom. The van der Waals surface area contributed by atoms with Gasteiger partial charge in [-0.15, -0.1) is 0 Å². The van der Waals surface area contributed by atoms with Gasteiger partial charge in [0.1, 0.15) is 5.75 Å². The van der Waals surface area contributed by atoms with E-state index in [0.717, 1.165) is 25.2 Å². The minimum atomic E-state index is 0.811. The zero-order chi connectivity index (χ0) is 14.8. The van der Waals surface area contributed by atoms with Crippen molar-refractivity contribution in [3.05, 3.63) is 72.1 Å². The number of benzene rings is 2. The quantitative estimate of drug-likeness (QED) is 0.556. The molecule has 2 aromatic rings. The van der Waals surface area contributed by atoms with Crippen LogP contribution in [0.1, 0.15) is 43.7 Å². The Bertz CT molecular complexity index is 487. The van der Waals surface area contributed by atoms with Crippen molar-refractivity contribution in [2.75, 3.05) is 6.61 Å². The molecule has 0 aromatic heterocycles. The number of unbranched alkanes of at least 4 members (excludes halogenated alkanes) is 2. The number of aryl methyl sites for hydroxylation is 1. The van der Waals surface area contributed by atoms with Gasteiger partial charge in [-0.1, -0.05) is 49.4 Å². The molecule has 1 nitrogen and oxygen atoms in total. The summed E-state index contributed by atoms with van der Waals surface area (Å²) >= 11 is 0. The van der Waals surface area contributed by atoms with Gasteiger partial charge in [0.2, 0.25) is 0 Å². The second-order valence-corrected chi connectivity index (χ2v) is 5.33. The van der Waals surface area contributed by atoms with E-state index in [0.29, 0.717) is 0 Å². The summed E-state index contributed by atoms with van der Waals surface area (Å²) in [7, 11) is 0. The van der Waals surface area contributed by atoms with Crippen molar-refractivity contribution in [1.29, 1.82) is 0 Å². The van der Waals surface area contributed by atoms with E-state index in [2.05, 4.69) is 67.9 Å². The summed E-state index contributed by atoms with van der Waals surface area (Å²) in [4.78, 5) is 0. The molecular formula is C20H25O. The van der Waals surface area contributed by atoms with Crippen LogP contribution in [0.3, 0.4) is 0 Å². The average Bonchev–Trinajstić information content (AvgIpc) is 2.53. The van der Waals surface area contributed by atoms with E-state index >= 15 is 0 Å². The van der Waals surface area contributed by atoms with Crippen LogP contribution in [-0.4, -0.2) is 6.61 Å². The molecule has 0 aliphatic heterocycles. The van der Waals surface area contributed by atoms with Crippen LogP contribution >= 0.6 is 0 Å². The fourth-order valence-corrected chi connectivity index (χ4v) is 2.38. The lowest BCUT2D eigenvalue weighted by Crippen LogP contribution is -1.98. The third-order valence-electron chi connectivity index (χ3n) is 3.54. The van der Waals surface area contributed by atoms with E-state index in [1.54, 1.807) is 0 Å². The first-order chi connectivity index (χ1) is 10.4. The van der Waals surface area contributed by atoms with E-state index < -0.39 is 0 Å². The lowest BCUT2D eigenvalue weighted by molar-refractivity contribution is 0.305. The molecule has 0 unspecified atom stereocenters. The second-order valence-electron chi connectivity index (χ2n) is 5.33. The van der Waals surface area contributed by atoms with Crippen molar-refractivity contribution in [3.63, 3.8) is 0 Å². The molecule has 0 fully saturated rings. The van der Waals surface area contributed by atoms with Crippen LogP contribution in [0.2, 0.25) is 0 Å². The van der Waals surface area contributed by atoms with Gasteiger partial charge in [-0.3, -0.25) is 0 Å². The van der Waals surface area contributed by atoms with E-state index in [1.165, 1.54) is 30.4 Å². The van der Waals surface area contributed by atoms with Gasteiger partial charge in [-0.2, -0.15) is 0 Å². The highest BCUT2D eigenvalue weighted by molar-refractivity contribution is 5.31. The van der Waals surface area contributed by atoms with Gasteiger partial charge < -0.3 is 4.74 Å². The van der Waals surface area contributed by atoms with Crippen LogP contribution in [0.15, 0.2) is 54.6 Å². The zero-order valence-electron chi connectivity index (χ0n) is 12.9. The molecule has 0 heterocycles. The molecule has 0 saturated heterocycles. The molecule has 2 aromatic carbocycles. The third kappa shape index (κ3) is 6.03. The molecular weight excluding hydrogens is 256 g/mol. The van der Waals surface area contributed by atoms with Gasteiger partial charge in [-0.05, 0) is 61.8 Å². The van der Waals surface area contributed by atoms with Gasteiger partial charge in [0, 0.05) is 0 Å². The van der Waals surface area contributed by atoms with Crippen molar-refractivity contribution >= 4 is 0 Å². The molecule has 0 aliphatic rings. The standard InChI is InChI=1S/C20H25O/c1-2-9-18-13-15-20(16-14-18)21-17-8-4-7-12-19-10-5-3-6-11-19/h3,5-6,9-11,13-16H,2,4,7-8,12,17H2,1H3. The number of rotatable bonds is 9. The summed E-state index contributed by atoms with van der Waals surface area (Å²) < 4.78 is 5.78. The predicted octanol–water partition coefficient (Wildman–Crippen LogP) is 5.44. The molecule has 1 radical (unpaired) electrons. The first kappa shape index (κ1) is 15.6. The van der Waals surface area contributed by atoms with Crippen LogP contribution in [0, 0.1) is 6.42 Å². The Morgan fingerprint density at radius 3 is 2.33 bits per heavy atom. The highest BCUT2D eigenvalue weighted by Gasteiger charge is 1.96. The Kier molecular flexibility index (Phi) is 6.87. The van der Waals surface area contributed by atoms with Gasteiger partial charge in [0.05, 0.1) is 6.61 Å². The van der Waals surface area contributed by atoms with Crippen molar-refractivity contribution in [2.24, 2.45) is 0 Å². The Labute approximate surface area is 129 Å². The third-order valence-corrected chi connectivity index (χ3v) is 3.54. The van der Waals surface area contributed by atoms with Crippen LogP contribution in [0.25, 0.3) is 0 Å². The molecule has 111 valence electrons. The molecule has 0 N–H and O–H groups in total. The minimum absolute atomic E-state index is 0.811. The van der Waals surface area contributed by atoms with E-state index in [-0.39, 0.29) is 0 Å². The van der Waals surface area contributed by atoms with Crippen LogP contribution < -0.4 is 4.74 Å². The molecule has 21 heavy (non-hydrogen) atoms. The highest BCUT2D eigenvalue weighted by Crippen LogP contribution is 2.15. The number of ether oxygens (including phenoxy) is 1. The largest absolute Gasteiger partial charge is 0.494 e. The van der Waals surface area contributed by atoms with Crippen molar-refractivity contribution in [1.82, 2.24) is 0 Å². The highest BCUT2D eigenvalue weighted by atomic mass is 16.5.